The molecule has 0 heterocycles. The van der Waals surface area contributed by atoms with Crippen LogP contribution in [0.1, 0.15) is 127 Å². The van der Waals surface area contributed by atoms with Gasteiger partial charge in [0.15, 0.2) is 5.78 Å². The fraction of sp³-hybridized carbons (Fsp3) is 0.559. The Hall–Kier alpha value is -2.55. The van der Waals surface area contributed by atoms with Gasteiger partial charge >= 0.3 is 0 Å². The second-order valence-electron chi connectivity index (χ2n) is 9.58. The van der Waals surface area contributed by atoms with Crippen LogP contribution >= 0.6 is 0 Å². The van der Waals surface area contributed by atoms with Gasteiger partial charge in [0.25, 0.3) is 0 Å². The van der Waals surface area contributed by atoms with Crippen LogP contribution in [0.15, 0.2) is 48.5 Å². The van der Waals surface area contributed by atoms with E-state index in [-0.39, 0.29) is 11.6 Å². The molecule has 0 amide bonds. The molecule has 0 aromatic heterocycles. The van der Waals surface area contributed by atoms with E-state index in [1.807, 2.05) is 45.0 Å². The molecule has 0 bridgehead atoms. The van der Waals surface area contributed by atoms with Crippen molar-refractivity contribution in [3.05, 3.63) is 70.8 Å². The maximum absolute atomic E-state index is 10.8. The summed E-state index contributed by atoms with van der Waals surface area (Å²) in [4.78, 5) is 30.8. The third kappa shape index (κ3) is 29.6. The maximum Gasteiger partial charge on any atom is 0.159 e. The summed E-state index contributed by atoms with van der Waals surface area (Å²) in [6, 6.07) is 16.1. The van der Waals surface area contributed by atoms with Crippen LogP contribution in [0.4, 0.5) is 0 Å². The highest BCUT2D eigenvalue weighted by molar-refractivity contribution is 5.93. The Bertz CT molecular complexity index is 786. The number of rotatable bonds is 4. The molecule has 1 saturated carbocycles. The lowest BCUT2D eigenvalue weighted by Gasteiger charge is -2.04. The zero-order valence-electron chi connectivity index (χ0n) is 25.9. The van der Waals surface area contributed by atoms with Crippen molar-refractivity contribution in [3.8, 4) is 0 Å². The smallest absolute Gasteiger partial charge is 0.159 e. The number of aryl methyl sites for hydroxylation is 3. The van der Waals surface area contributed by atoms with Gasteiger partial charge in [0.1, 0.15) is 11.6 Å². The third-order valence-corrected chi connectivity index (χ3v) is 5.06. The van der Waals surface area contributed by atoms with Crippen molar-refractivity contribution in [2.24, 2.45) is 5.92 Å². The average Bonchev–Trinajstić information content (AvgIpc) is 3.36. The van der Waals surface area contributed by atoms with E-state index in [2.05, 4.69) is 52.0 Å². The lowest BCUT2D eigenvalue weighted by Crippen LogP contribution is -1.97. The molecule has 1 fully saturated rings. The summed E-state index contributed by atoms with van der Waals surface area (Å²) in [6.45, 7) is 20.8. The van der Waals surface area contributed by atoms with Crippen LogP contribution in [0.25, 0.3) is 0 Å². The van der Waals surface area contributed by atoms with E-state index in [9.17, 15) is 14.4 Å². The van der Waals surface area contributed by atoms with Crippen LogP contribution in [-0.4, -0.2) is 17.3 Å². The molecule has 1 aliphatic rings. The largest absolute Gasteiger partial charge is 0.300 e. The second kappa shape index (κ2) is 26.5. The molecule has 3 nitrogen and oxygen atoms in total. The first-order chi connectivity index (χ1) is 17.4. The van der Waals surface area contributed by atoms with Crippen LogP contribution in [0.5, 0.6) is 0 Å². The van der Waals surface area contributed by atoms with Gasteiger partial charge in [-0.05, 0) is 60.8 Å². The van der Waals surface area contributed by atoms with Crippen LogP contribution < -0.4 is 0 Å². The molecule has 0 spiro atoms. The number of Topliss-reactive ketones (excluding diaryl/α,β-unsaturated/α-hetero) is 3. The van der Waals surface area contributed by atoms with Crippen LogP contribution in [-0.2, 0) is 9.59 Å². The molecule has 0 atom stereocenters. The molecule has 3 heteroatoms. The number of carbonyl (C=O) groups is 3. The minimum absolute atomic E-state index is 0.125. The van der Waals surface area contributed by atoms with Crippen LogP contribution in [0.3, 0.4) is 0 Å². The average molecular weight is 513 g/mol. The van der Waals surface area contributed by atoms with Crippen molar-refractivity contribution in [1.29, 1.82) is 0 Å². The zero-order valence-corrected chi connectivity index (χ0v) is 25.9. The van der Waals surface area contributed by atoms with E-state index in [4.69, 9.17) is 0 Å². The maximum atomic E-state index is 10.8. The van der Waals surface area contributed by atoms with Crippen molar-refractivity contribution in [2.45, 2.75) is 121 Å². The lowest BCUT2D eigenvalue weighted by atomic mass is 10.0. The molecular weight excluding hydrogens is 456 g/mol. The number of carbonyl (C=O) groups excluding carboxylic acids is 3. The predicted octanol–water partition coefficient (Wildman–Crippen LogP) is 10.1. The van der Waals surface area contributed by atoms with E-state index in [1.54, 1.807) is 13.8 Å². The first kappa shape index (κ1) is 39.0. The minimum atomic E-state index is 0.125. The molecule has 0 unspecified atom stereocenters. The van der Waals surface area contributed by atoms with Gasteiger partial charge in [0, 0.05) is 12.0 Å². The Morgan fingerprint density at radius 2 is 0.973 bits per heavy atom. The lowest BCUT2D eigenvalue weighted by molar-refractivity contribution is -0.117. The van der Waals surface area contributed by atoms with Crippen molar-refractivity contribution in [1.82, 2.24) is 0 Å². The van der Waals surface area contributed by atoms with Crippen LogP contribution in [0.2, 0.25) is 0 Å². The first-order valence-electron chi connectivity index (χ1n) is 14.0. The predicted molar refractivity (Wildman–Crippen MR) is 163 cm³/mol. The van der Waals surface area contributed by atoms with Crippen molar-refractivity contribution < 1.29 is 14.4 Å². The molecule has 37 heavy (non-hydrogen) atoms. The van der Waals surface area contributed by atoms with Crippen LogP contribution in [0, 0.1) is 26.7 Å². The van der Waals surface area contributed by atoms with Crippen molar-refractivity contribution in [3.63, 3.8) is 0 Å². The molecule has 2 aromatic rings. The molecule has 2 aromatic carbocycles. The molecule has 1 aliphatic carbocycles. The van der Waals surface area contributed by atoms with E-state index >= 15 is 0 Å². The standard InChI is InChI=1S/C9H10O.C9H16O.C8H10.C3H6O.C3H8.C2H6/c1-7-3-5-9(6-4-7)8(2)10;1-8(10)6-7-9-4-2-3-5-9;1-7-3-5-8(2)6-4-7;1-3(2)4;1-3-2;1-2/h3-6H,1-2H3;9H,2-7H2,1H3;3-6H,1-2H3;1-2H3;3H2,1-2H3;1-2H3. The summed E-state index contributed by atoms with van der Waals surface area (Å²) in [6.07, 6.45) is 8.73. The van der Waals surface area contributed by atoms with E-state index in [0.717, 1.165) is 24.3 Å². The zero-order chi connectivity index (χ0) is 29.2. The van der Waals surface area contributed by atoms with Gasteiger partial charge in [-0.3, -0.25) is 4.79 Å². The van der Waals surface area contributed by atoms with Gasteiger partial charge in [-0.1, -0.05) is 125 Å². The Morgan fingerprint density at radius 3 is 1.24 bits per heavy atom. The fourth-order valence-corrected chi connectivity index (χ4v) is 3.13. The van der Waals surface area contributed by atoms with Gasteiger partial charge < -0.3 is 9.59 Å². The molecule has 210 valence electrons. The van der Waals surface area contributed by atoms with Gasteiger partial charge in [-0.25, -0.2) is 0 Å². The molecule has 0 N–H and O–H groups in total. The normalized spacial score (nSPS) is 11.2. The Labute approximate surface area is 229 Å². The second-order valence-corrected chi connectivity index (χ2v) is 9.58. The van der Waals surface area contributed by atoms with Gasteiger partial charge in [0.05, 0.1) is 0 Å². The number of hydrogen-bond acceptors (Lipinski definition) is 3. The fourth-order valence-electron chi connectivity index (χ4n) is 3.13. The number of benzene rings is 2. The summed E-state index contributed by atoms with van der Waals surface area (Å²) < 4.78 is 0. The summed E-state index contributed by atoms with van der Waals surface area (Å²) in [5.41, 5.74) is 4.63. The minimum Gasteiger partial charge on any atom is -0.300 e. The van der Waals surface area contributed by atoms with Crippen molar-refractivity contribution in [2.75, 3.05) is 0 Å². The highest BCUT2D eigenvalue weighted by atomic mass is 16.1. The first-order valence-corrected chi connectivity index (χ1v) is 14.0. The van der Waals surface area contributed by atoms with E-state index < -0.39 is 0 Å². The Morgan fingerprint density at radius 1 is 0.676 bits per heavy atom. The summed E-state index contributed by atoms with van der Waals surface area (Å²) in [5, 5.41) is 0. The summed E-state index contributed by atoms with van der Waals surface area (Å²) >= 11 is 0. The van der Waals surface area contributed by atoms with Crippen molar-refractivity contribution >= 4 is 17.3 Å². The number of ketones is 3. The molecule has 0 aliphatic heterocycles. The molecule has 3 rings (SSSR count). The van der Waals surface area contributed by atoms with E-state index in [1.165, 1.54) is 62.6 Å². The molecule has 0 radical (unpaired) electrons. The molecule has 0 saturated heterocycles. The third-order valence-electron chi connectivity index (χ3n) is 5.06. The monoisotopic (exact) mass is 512 g/mol. The highest BCUT2D eigenvalue weighted by Gasteiger charge is 2.14. The Balaban J connectivity index is -0.000000406. The topological polar surface area (TPSA) is 51.2 Å². The van der Waals surface area contributed by atoms with Gasteiger partial charge in [-0.15, -0.1) is 0 Å². The SMILES string of the molecule is CC.CC(=O)CCC1CCCC1.CC(=O)c1ccc(C)cc1.CC(C)=O.CCC.Cc1ccc(C)cc1. The number of hydrogen-bond donors (Lipinski definition) is 0. The van der Waals surface area contributed by atoms with E-state index in [0.29, 0.717) is 5.78 Å². The Kier molecular flexibility index (Phi) is 27.9. The quantitative estimate of drug-likeness (QED) is 0.383. The highest BCUT2D eigenvalue weighted by Crippen LogP contribution is 2.28. The summed E-state index contributed by atoms with van der Waals surface area (Å²) in [7, 11) is 0. The van der Waals surface area contributed by atoms with Gasteiger partial charge in [0.2, 0.25) is 0 Å². The summed E-state index contributed by atoms with van der Waals surface area (Å²) in [5.74, 6) is 1.52. The van der Waals surface area contributed by atoms with Gasteiger partial charge in [-0.2, -0.15) is 0 Å². The molecular formula is C34H56O3.